The van der Waals surface area contributed by atoms with Gasteiger partial charge in [-0.25, -0.2) is 0 Å². The number of nitro groups is 1. The first-order valence-corrected chi connectivity index (χ1v) is 7.18. The average molecular weight is 313 g/mol. The van der Waals surface area contributed by atoms with Gasteiger partial charge in [-0.15, -0.1) is 0 Å². The molecule has 1 fully saturated rings. The molecular weight excluding hydrogens is 296 g/mol. The second-order valence-corrected chi connectivity index (χ2v) is 5.53. The number of amides is 1. The van der Waals surface area contributed by atoms with Crippen LogP contribution in [0.1, 0.15) is 29.6 Å². The predicted molar refractivity (Wildman–Crippen MR) is 78.7 cm³/mol. The number of nitro benzene ring substituents is 1. The normalized spacial score (nSPS) is 18.3. The lowest BCUT2D eigenvalue weighted by Gasteiger charge is -2.27. The van der Waals surface area contributed by atoms with Crippen molar-refractivity contribution in [1.29, 1.82) is 0 Å². The van der Waals surface area contributed by atoms with Crippen LogP contribution in [0.2, 0.25) is 5.02 Å². The van der Waals surface area contributed by atoms with Crippen LogP contribution in [0.5, 0.6) is 0 Å². The smallest absolute Gasteiger partial charge is 0.282 e. The van der Waals surface area contributed by atoms with E-state index in [4.69, 9.17) is 16.3 Å². The quantitative estimate of drug-likeness (QED) is 0.633. The zero-order valence-corrected chi connectivity index (χ0v) is 12.5. The van der Waals surface area contributed by atoms with E-state index >= 15 is 0 Å². The predicted octanol–water partition coefficient (Wildman–Crippen LogP) is 2.89. The third kappa shape index (κ3) is 3.92. The number of ether oxygens (including phenoxy) is 1. The van der Waals surface area contributed by atoms with E-state index in [1.54, 1.807) is 7.05 Å². The van der Waals surface area contributed by atoms with Gasteiger partial charge in [0.2, 0.25) is 0 Å². The second-order valence-electron chi connectivity index (χ2n) is 5.09. The minimum atomic E-state index is -0.575. The first-order chi connectivity index (χ1) is 9.99. The lowest BCUT2D eigenvalue weighted by Crippen LogP contribution is -2.37. The summed E-state index contributed by atoms with van der Waals surface area (Å²) in [7, 11) is 1.62. The molecule has 1 atom stereocenters. The molecular formula is C14H17ClN2O4. The summed E-state index contributed by atoms with van der Waals surface area (Å²) in [6.45, 7) is 1.12. The zero-order valence-electron chi connectivity index (χ0n) is 11.8. The largest absolute Gasteiger partial charge is 0.376 e. The van der Waals surface area contributed by atoms with Crippen molar-refractivity contribution in [3.63, 3.8) is 0 Å². The lowest BCUT2D eigenvalue weighted by molar-refractivity contribution is -0.385. The molecule has 21 heavy (non-hydrogen) atoms. The van der Waals surface area contributed by atoms with E-state index < -0.39 is 10.8 Å². The number of hydrogen-bond acceptors (Lipinski definition) is 4. The van der Waals surface area contributed by atoms with Crippen molar-refractivity contribution in [2.75, 3.05) is 20.2 Å². The SMILES string of the molecule is CN(CC1CCCCO1)C(=O)c1cc(Cl)ccc1[N+](=O)[O-]. The average Bonchev–Trinajstić information content (AvgIpc) is 2.47. The van der Waals surface area contributed by atoms with Crippen molar-refractivity contribution < 1.29 is 14.5 Å². The number of carbonyl (C=O) groups is 1. The van der Waals surface area contributed by atoms with Crippen LogP contribution in [0.15, 0.2) is 18.2 Å². The summed E-state index contributed by atoms with van der Waals surface area (Å²) in [6.07, 6.45) is 3.00. The van der Waals surface area contributed by atoms with Gasteiger partial charge in [0.15, 0.2) is 0 Å². The molecule has 1 amide bonds. The molecule has 1 aromatic rings. The molecule has 0 radical (unpaired) electrons. The van der Waals surface area contributed by atoms with Gasteiger partial charge >= 0.3 is 0 Å². The fraction of sp³-hybridized carbons (Fsp3) is 0.500. The van der Waals surface area contributed by atoms with E-state index in [9.17, 15) is 14.9 Å². The van der Waals surface area contributed by atoms with Gasteiger partial charge in [0.1, 0.15) is 5.56 Å². The summed E-state index contributed by atoms with van der Waals surface area (Å²) >= 11 is 5.84. The topological polar surface area (TPSA) is 72.7 Å². The van der Waals surface area contributed by atoms with Crippen molar-refractivity contribution in [2.24, 2.45) is 0 Å². The molecule has 2 rings (SSSR count). The van der Waals surface area contributed by atoms with Gasteiger partial charge in [0.05, 0.1) is 11.0 Å². The standard InChI is InChI=1S/C14H17ClN2O4/c1-16(9-11-4-2-3-7-21-11)14(18)12-8-10(15)5-6-13(12)17(19)20/h5-6,8,11H,2-4,7,9H2,1H3. The van der Waals surface area contributed by atoms with Crippen LogP contribution >= 0.6 is 11.6 Å². The molecule has 0 aromatic heterocycles. The monoisotopic (exact) mass is 312 g/mol. The van der Waals surface area contributed by atoms with Crippen LogP contribution in [-0.4, -0.2) is 42.0 Å². The Bertz CT molecular complexity index is 544. The summed E-state index contributed by atoms with van der Waals surface area (Å²) in [6, 6.07) is 3.99. The summed E-state index contributed by atoms with van der Waals surface area (Å²) in [5, 5.41) is 11.3. The molecule has 1 aromatic carbocycles. The highest BCUT2D eigenvalue weighted by Crippen LogP contribution is 2.24. The molecule has 1 aliphatic rings. The summed E-state index contributed by atoms with van der Waals surface area (Å²) < 4.78 is 5.58. The Morgan fingerprint density at radius 2 is 2.29 bits per heavy atom. The first kappa shape index (κ1) is 15.7. The highest BCUT2D eigenvalue weighted by Gasteiger charge is 2.25. The van der Waals surface area contributed by atoms with Crippen molar-refractivity contribution in [3.8, 4) is 0 Å². The first-order valence-electron chi connectivity index (χ1n) is 6.80. The number of likely N-dealkylation sites (N-methyl/N-ethyl adjacent to an activating group) is 1. The van der Waals surface area contributed by atoms with Crippen LogP contribution < -0.4 is 0 Å². The van der Waals surface area contributed by atoms with Crippen LogP contribution in [0, 0.1) is 10.1 Å². The second kappa shape index (κ2) is 6.87. The van der Waals surface area contributed by atoms with Crippen LogP contribution in [0.4, 0.5) is 5.69 Å². The molecule has 1 heterocycles. The number of halogens is 1. The van der Waals surface area contributed by atoms with Crippen LogP contribution in [0.3, 0.4) is 0 Å². The van der Waals surface area contributed by atoms with Gasteiger partial charge in [-0.05, 0) is 31.4 Å². The molecule has 1 saturated heterocycles. The molecule has 0 saturated carbocycles. The Hall–Kier alpha value is -1.66. The molecule has 0 spiro atoms. The van der Waals surface area contributed by atoms with Gasteiger partial charge in [-0.3, -0.25) is 14.9 Å². The van der Waals surface area contributed by atoms with Crippen molar-refractivity contribution in [2.45, 2.75) is 25.4 Å². The molecule has 7 heteroatoms. The zero-order chi connectivity index (χ0) is 15.4. The number of nitrogens with zero attached hydrogens (tertiary/aromatic N) is 2. The molecule has 0 bridgehead atoms. The Balaban J connectivity index is 2.14. The number of benzene rings is 1. The maximum atomic E-state index is 12.4. The maximum Gasteiger partial charge on any atom is 0.282 e. The van der Waals surface area contributed by atoms with Crippen molar-refractivity contribution in [1.82, 2.24) is 4.90 Å². The molecule has 0 N–H and O–H groups in total. The highest BCUT2D eigenvalue weighted by molar-refractivity contribution is 6.31. The molecule has 0 aliphatic carbocycles. The van der Waals surface area contributed by atoms with E-state index in [0.29, 0.717) is 18.2 Å². The minimum Gasteiger partial charge on any atom is -0.376 e. The van der Waals surface area contributed by atoms with E-state index in [1.807, 2.05) is 0 Å². The summed E-state index contributed by atoms with van der Waals surface area (Å²) in [5.74, 6) is -0.418. The van der Waals surface area contributed by atoms with Crippen LogP contribution in [-0.2, 0) is 4.74 Å². The summed E-state index contributed by atoms with van der Waals surface area (Å²) in [5.41, 5.74) is -0.230. The van der Waals surface area contributed by atoms with Gasteiger partial charge in [-0.1, -0.05) is 11.6 Å². The van der Waals surface area contributed by atoms with Gasteiger partial charge in [0.25, 0.3) is 11.6 Å². The number of rotatable bonds is 4. The van der Waals surface area contributed by atoms with Crippen LogP contribution in [0.25, 0.3) is 0 Å². The Morgan fingerprint density at radius 1 is 1.52 bits per heavy atom. The van der Waals surface area contributed by atoms with E-state index in [1.165, 1.54) is 23.1 Å². The Kier molecular flexibility index (Phi) is 5.14. The highest BCUT2D eigenvalue weighted by atomic mass is 35.5. The lowest BCUT2D eigenvalue weighted by atomic mass is 10.1. The fourth-order valence-corrected chi connectivity index (χ4v) is 2.56. The third-order valence-corrected chi connectivity index (χ3v) is 3.72. The molecule has 6 nitrogen and oxygen atoms in total. The Morgan fingerprint density at radius 3 is 2.90 bits per heavy atom. The Labute approximate surface area is 127 Å². The molecule has 114 valence electrons. The van der Waals surface area contributed by atoms with E-state index in [2.05, 4.69) is 0 Å². The third-order valence-electron chi connectivity index (χ3n) is 3.48. The molecule has 1 unspecified atom stereocenters. The minimum absolute atomic E-state index is 0.00538. The number of hydrogen-bond donors (Lipinski definition) is 0. The van der Waals surface area contributed by atoms with Crippen molar-refractivity contribution in [3.05, 3.63) is 38.9 Å². The van der Waals surface area contributed by atoms with E-state index in [0.717, 1.165) is 19.3 Å². The van der Waals surface area contributed by atoms with Gasteiger partial charge < -0.3 is 9.64 Å². The number of carbonyl (C=O) groups excluding carboxylic acids is 1. The molecule has 1 aliphatic heterocycles. The van der Waals surface area contributed by atoms with E-state index in [-0.39, 0.29) is 17.4 Å². The fourth-order valence-electron chi connectivity index (χ4n) is 2.38. The summed E-state index contributed by atoms with van der Waals surface area (Å²) in [4.78, 5) is 24.3. The maximum absolute atomic E-state index is 12.4. The van der Waals surface area contributed by atoms with Gasteiger partial charge in [0, 0.05) is 31.3 Å². The van der Waals surface area contributed by atoms with Gasteiger partial charge in [-0.2, -0.15) is 0 Å². The van der Waals surface area contributed by atoms with Crippen molar-refractivity contribution >= 4 is 23.2 Å².